The molecule has 1 unspecified atom stereocenters. The second-order valence-electron chi connectivity index (χ2n) is 9.04. The zero-order chi connectivity index (χ0) is 27.7. The van der Waals surface area contributed by atoms with E-state index in [0.717, 1.165) is 12.8 Å². The molecule has 1 aliphatic heterocycles. The molecule has 4 aromatic rings. The van der Waals surface area contributed by atoms with E-state index in [1.165, 1.54) is 18.1 Å². The number of benzene rings is 3. The summed E-state index contributed by atoms with van der Waals surface area (Å²) in [6, 6.07) is 16.6. The molecule has 0 saturated carbocycles. The lowest BCUT2D eigenvalue weighted by Crippen LogP contribution is -2.29. The van der Waals surface area contributed by atoms with Gasteiger partial charge in [-0.15, -0.1) is 0 Å². The fourth-order valence-corrected chi connectivity index (χ4v) is 4.77. The van der Waals surface area contributed by atoms with Gasteiger partial charge in [0, 0.05) is 10.7 Å². The van der Waals surface area contributed by atoms with Gasteiger partial charge >= 0.3 is 11.9 Å². The number of rotatable bonds is 7. The normalized spacial score (nSPS) is 14.4. The number of nitrogens with zero attached hydrogens (tertiary/aromatic N) is 1. The Kier molecular flexibility index (Phi) is 7.21. The van der Waals surface area contributed by atoms with Crippen LogP contribution < -0.4 is 10.3 Å². The van der Waals surface area contributed by atoms with Gasteiger partial charge in [0.05, 0.1) is 41.8 Å². The van der Waals surface area contributed by atoms with Crippen LogP contribution in [0.1, 0.15) is 68.2 Å². The van der Waals surface area contributed by atoms with Crippen LogP contribution in [-0.2, 0) is 9.47 Å². The molecule has 1 atom stereocenters. The van der Waals surface area contributed by atoms with E-state index < -0.39 is 23.9 Å². The van der Waals surface area contributed by atoms with Gasteiger partial charge in [0.2, 0.25) is 5.76 Å². The Hall–Kier alpha value is -4.43. The number of methoxy groups -OCH3 is 1. The molecule has 0 saturated heterocycles. The van der Waals surface area contributed by atoms with E-state index in [1.807, 2.05) is 6.92 Å². The largest absolute Gasteiger partial charge is 0.465 e. The van der Waals surface area contributed by atoms with Crippen LogP contribution in [0.2, 0.25) is 5.02 Å². The fraction of sp³-hybridized carbons (Fsp3) is 0.200. The maximum Gasteiger partial charge on any atom is 0.338 e. The first kappa shape index (κ1) is 26.2. The van der Waals surface area contributed by atoms with Crippen molar-refractivity contribution in [2.75, 3.05) is 18.6 Å². The molecule has 1 amide bonds. The number of unbranched alkanes of at least 4 members (excludes halogenated alkanes) is 1. The average Bonchev–Trinajstić information content (AvgIpc) is 3.25. The molecule has 1 aliphatic rings. The number of amides is 1. The monoisotopic (exact) mass is 545 g/mol. The van der Waals surface area contributed by atoms with E-state index in [4.69, 9.17) is 25.5 Å². The standard InChI is InChI=1S/C30H24ClNO7/c1-3-4-15-38-30(36)19-9-12-21(13-10-19)32-25(17-5-7-18(8-6-17)29(35)37-2)24-26(33)22-16-20(31)11-14-23(22)39-27(24)28(32)34/h5-14,16,25H,3-4,15H2,1-2H3. The number of halogens is 1. The summed E-state index contributed by atoms with van der Waals surface area (Å²) in [5.41, 5.74) is 1.69. The van der Waals surface area contributed by atoms with Gasteiger partial charge in [-0.3, -0.25) is 14.5 Å². The number of carbonyl (C=O) groups is 3. The fourth-order valence-electron chi connectivity index (χ4n) is 4.60. The van der Waals surface area contributed by atoms with E-state index in [-0.39, 0.29) is 27.7 Å². The van der Waals surface area contributed by atoms with Crippen LogP contribution in [0.4, 0.5) is 5.69 Å². The molecule has 0 bridgehead atoms. The van der Waals surface area contributed by atoms with Crippen molar-refractivity contribution in [3.05, 3.63) is 110 Å². The summed E-state index contributed by atoms with van der Waals surface area (Å²) >= 11 is 6.15. The zero-order valence-corrected chi connectivity index (χ0v) is 22.0. The first-order valence-corrected chi connectivity index (χ1v) is 12.8. The molecule has 5 rings (SSSR count). The molecule has 198 valence electrons. The Bertz CT molecular complexity index is 1640. The lowest BCUT2D eigenvalue weighted by molar-refractivity contribution is 0.0499. The van der Waals surface area contributed by atoms with Crippen molar-refractivity contribution in [2.45, 2.75) is 25.8 Å². The van der Waals surface area contributed by atoms with Gasteiger partial charge in [0.15, 0.2) is 5.43 Å². The highest BCUT2D eigenvalue weighted by atomic mass is 35.5. The van der Waals surface area contributed by atoms with Crippen molar-refractivity contribution < 1.29 is 28.3 Å². The van der Waals surface area contributed by atoms with Gasteiger partial charge in [0.1, 0.15) is 5.58 Å². The third-order valence-electron chi connectivity index (χ3n) is 6.59. The molecule has 0 fully saturated rings. The quantitative estimate of drug-likeness (QED) is 0.209. The molecule has 3 aromatic carbocycles. The van der Waals surface area contributed by atoms with E-state index in [1.54, 1.807) is 60.7 Å². The topological polar surface area (TPSA) is 103 Å². The SMILES string of the molecule is CCCCOC(=O)c1ccc(N2C(=O)c3oc4ccc(Cl)cc4c(=O)c3C2c2ccc(C(=O)OC)cc2)cc1. The molecular weight excluding hydrogens is 522 g/mol. The number of esters is 2. The number of hydrogen-bond acceptors (Lipinski definition) is 7. The molecule has 39 heavy (non-hydrogen) atoms. The summed E-state index contributed by atoms with van der Waals surface area (Å²) in [5.74, 6) is -1.57. The van der Waals surface area contributed by atoms with Crippen LogP contribution in [0.15, 0.2) is 75.9 Å². The summed E-state index contributed by atoms with van der Waals surface area (Å²) in [7, 11) is 1.29. The summed E-state index contributed by atoms with van der Waals surface area (Å²) in [5, 5.41) is 0.605. The number of ether oxygens (including phenoxy) is 2. The van der Waals surface area contributed by atoms with Gasteiger partial charge < -0.3 is 13.9 Å². The number of hydrogen-bond donors (Lipinski definition) is 0. The lowest BCUT2D eigenvalue weighted by Gasteiger charge is -2.25. The van der Waals surface area contributed by atoms with Crippen molar-refractivity contribution in [3.63, 3.8) is 0 Å². The summed E-state index contributed by atoms with van der Waals surface area (Å²) < 4.78 is 16.0. The van der Waals surface area contributed by atoms with Crippen molar-refractivity contribution >= 4 is 46.1 Å². The predicted molar refractivity (Wildman–Crippen MR) is 146 cm³/mol. The van der Waals surface area contributed by atoms with Crippen LogP contribution in [-0.4, -0.2) is 31.6 Å². The summed E-state index contributed by atoms with van der Waals surface area (Å²) in [6.07, 6.45) is 1.67. The Morgan fingerprint density at radius 2 is 1.62 bits per heavy atom. The molecular formula is C30H24ClNO7. The maximum absolute atomic E-state index is 13.8. The summed E-state index contributed by atoms with van der Waals surface area (Å²) in [6.45, 7) is 2.33. The molecule has 2 heterocycles. The minimum atomic E-state index is -0.860. The Balaban J connectivity index is 1.62. The predicted octanol–water partition coefficient (Wildman–Crippen LogP) is 5.94. The minimum Gasteiger partial charge on any atom is -0.465 e. The van der Waals surface area contributed by atoms with E-state index in [0.29, 0.717) is 34.0 Å². The molecule has 0 N–H and O–H groups in total. The Morgan fingerprint density at radius 3 is 2.28 bits per heavy atom. The second-order valence-corrected chi connectivity index (χ2v) is 9.48. The molecule has 0 spiro atoms. The van der Waals surface area contributed by atoms with Gasteiger partial charge in [-0.25, -0.2) is 9.59 Å². The van der Waals surface area contributed by atoms with Crippen molar-refractivity contribution in [1.29, 1.82) is 0 Å². The maximum atomic E-state index is 13.8. The molecule has 1 aromatic heterocycles. The van der Waals surface area contributed by atoms with Crippen LogP contribution in [0.5, 0.6) is 0 Å². The van der Waals surface area contributed by atoms with Crippen LogP contribution >= 0.6 is 11.6 Å². The van der Waals surface area contributed by atoms with E-state index >= 15 is 0 Å². The van der Waals surface area contributed by atoms with Gasteiger partial charge in [-0.1, -0.05) is 37.1 Å². The molecule has 0 radical (unpaired) electrons. The van der Waals surface area contributed by atoms with Crippen LogP contribution in [0.3, 0.4) is 0 Å². The average molecular weight is 546 g/mol. The van der Waals surface area contributed by atoms with E-state index in [2.05, 4.69) is 0 Å². The highest BCUT2D eigenvalue weighted by Gasteiger charge is 2.43. The third kappa shape index (κ3) is 4.79. The minimum absolute atomic E-state index is 0.0834. The number of carbonyl (C=O) groups excluding carboxylic acids is 3. The van der Waals surface area contributed by atoms with Gasteiger partial charge in [0.25, 0.3) is 5.91 Å². The Labute approximate surface area is 228 Å². The molecule has 8 nitrogen and oxygen atoms in total. The third-order valence-corrected chi connectivity index (χ3v) is 6.83. The molecule has 9 heteroatoms. The molecule has 0 aliphatic carbocycles. The second kappa shape index (κ2) is 10.7. The van der Waals surface area contributed by atoms with Crippen molar-refractivity contribution in [1.82, 2.24) is 0 Å². The first-order chi connectivity index (χ1) is 18.8. The van der Waals surface area contributed by atoms with Gasteiger partial charge in [-0.05, 0) is 66.6 Å². The van der Waals surface area contributed by atoms with Crippen LogP contribution in [0.25, 0.3) is 11.0 Å². The lowest BCUT2D eigenvalue weighted by atomic mass is 9.97. The number of anilines is 1. The summed E-state index contributed by atoms with van der Waals surface area (Å²) in [4.78, 5) is 53.3. The Morgan fingerprint density at radius 1 is 0.949 bits per heavy atom. The van der Waals surface area contributed by atoms with E-state index in [9.17, 15) is 19.2 Å². The zero-order valence-electron chi connectivity index (χ0n) is 21.2. The van der Waals surface area contributed by atoms with Crippen molar-refractivity contribution in [2.24, 2.45) is 0 Å². The van der Waals surface area contributed by atoms with Crippen molar-refractivity contribution in [3.8, 4) is 0 Å². The first-order valence-electron chi connectivity index (χ1n) is 12.4. The number of fused-ring (bicyclic) bond motifs is 2. The smallest absolute Gasteiger partial charge is 0.338 e. The highest BCUT2D eigenvalue weighted by molar-refractivity contribution is 6.31. The highest BCUT2D eigenvalue weighted by Crippen LogP contribution is 2.41. The van der Waals surface area contributed by atoms with Gasteiger partial charge in [-0.2, -0.15) is 0 Å². The van der Waals surface area contributed by atoms with Crippen LogP contribution in [0, 0.1) is 0 Å².